The Morgan fingerprint density at radius 1 is 1.00 bits per heavy atom. The SMILES string of the molecule is CC(C)CCn1cc(C(=O)NC(C)(C)C)c(=O)c(C(=O)N2CCN(C/C=C/c3ccccc3)CC2)c1. The van der Waals surface area contributed by atoms with Crippen LogP contribution in [0.5, 0.6) is 0 Å². The van der Waals surface area contributed by atoms with Crippen LogP contribution in [-0.2, 0) is 6.54 Å². The molecule has 1 N–H and O–H groups in total. The molecule has 7 nitrogen and oxygen atoms in total. The number of nitrogens with zero attached hydrogens (tertiary/aromatic N) is 3. The van der Waals surface area contributed by atoms with Gasteiger partial charge < -0.3 is 14.8 Å². The summed E-state index contributed by atoms with van der Waals surface area (Å²) in [6.07, 6.45) is 8.32. The van der Waals surface area contributed by atoms with Gasteiger partial charge in [0.2, 0.25) is 5.43 Å². The van der Waals surface area contributed by atoms with Gasteiger partial charge in [-0.15, -0.1) is 0 Å². The Bertz CT molecular complexity index is 1120. The number of pyridine rings is 1. The van der Waals surface area contributed by atoms with Crippen LogP contribution in [0.2, 0.25) is 0 Å². The quantitative estimate of drug-likeness (QED) is 0.607. The smallest absolute Gasteiger partial charge is 0.259 e. The summed E-state index contributed by atoms with van der Waals surface area (Å²) in [5.74, 6) is -0.293. The molecule has 1 aliphatic rings. The number of rotatable bonds is 8. The molecule has 0 bridgehead atoms. The summed E-state index contributed by atoms with van der Waals surface area (Å²) < 4.78 is 1.82. The molecule has 0 unspecified atom stereocenters. The number of carbonyl (C=O) groups excluding carboxylic acids is 2. The third-order valence-corrected chi connectivity index (χ3v) is 6.14. The highest BCUT2D eigenvalue weighted by atomic mass is 16.2. The van der Waals surface area contributed by atoms with Crippen LogP contribution in [0.3, 0.4) is 0 Å². The van der Waals surface area contributed by atoms with Crippen molar-refractivity contribution in [2.24, 2.45) is 5.92 Å². The molecule has 0 atom stereocenters. The second-order valence-corrected chi connectivity index (χ2v) is 10.9. The fourth-order valence-electron chi connectivity index (χ4n) is 4.10. The van der Waals surface area contributed by atoms with E-state index in [-0.39, 0.29) is 17.0 Å². The van der Waals surface area contributed by atoms with Crippen molar-refractivity contribution in [2.75, 3.05) is 32.7 Å². The van der Waals surface area contributed by atoms with Gasteiger partial charge >= 0.3 is 0 Å². The molecule has 0 radical (unpaired) electrons. The van der Waals surface area contributed by atoms with Gasteiger partial charge in [-0.3, -0.25) is 19.3 Å². The summed E-state index contributed by atoms with van der Waals surface area (Å²) in [4.78, 5) is 43.6. The summed E-state index contributed by atoms with van der Waals surface area (Å²) >= 11 is 0. The van der Waals surface area contributed by atoms with Crippen molar-refractivity contribution in [3.05, 3.63) is 75.7 Å². The fraction of sp³-hybridized carbons (Fsp3) is 0.483. The van der Waals surface area contributed by atoms with Gasteiger partial charge in [0.25, 0.3) is 11.8 Å². The summed E-state index contributed by atoms with van der Waals surface area (Å²) in [7, 11) is 0. The van der Waals surface area contributed by atoms with E-state index < -0.39 is 16.9 Å². The molecule has 3 rings (SSSR count). The Morgan fingerprint density at radius 3 is 2.25 bits per heavy atom. The number of benzene rings is 1. The molecule has 194 valence electrons. The Hall–Kier alpha value is -3.19. The van der Waals surface area contributed by atoms with E-state index in [4.69, 9.17) is 0 Å². The van der Waals surface area contributed by atoms with Crippen LogP contribution < -0.4 is 10.7 Å². The van der Waals surface area contributed by atoms with E-state index in [1.165, 1.54) is 0 Å². The minimum absolute atomic E-state index is 0.0178. The van der Waals surface area contributed by atoms with Crippen molar-refractivity contribution in [1.29, 1.82) is 0 Å². The van der Waals surface area contributed by atoms with Crippen LogP contribution in [0.15, 0.2) is 53.6 Å². The molecule has 1 saturated heterocycles. The predicted octanol–water partition coefficient (Wildman–Crippen LogP) is 3.89. The highest BCUT2D eigenvalue weighted by Gasteiger charge is 2.27. The van der Waals surface area contributed by atoms with Gasteiger partial charge in [-0.1, -0.05) is 56.3 Å². The number of amides is 2. The van der Waals surface area contributed by atoms with Gasteiger partial charge in [0.1, 0.15) is 11.1 Å². The fourth-order valence-corrected chi connectivity index (χ4v) is 4.10. The lowest BCUT2D eigenvalue weighted by Crippen LogP contribution is -2.50. The molecule has 2 heterocycles. The molecule has 2 amide bonds. The second-order valence-electron chi connectivity index (χ2n) is 10.9. The molecular formula is C29H40N4O3. The van der Waals surface area contributed by atoms with Crippen LogP contribution in [0.25, 0.3) is 6.08 Å². The van der Waals surface area contributed by atoms with Gasteiger partial charge in [-0.2, -0.15) is 0 Å². The maximum absolute atomic E-state index is 13.4. The first-order valence-electron chi connectivity index (χ1n) is 12.8. The Labute approximate surface area is 214 Å². The zero-order valence-corrected chi connectivity index (χ0v) is 22.3. The molecular weight excluding hydrogens is 452 g/mol. The maximum atomic E-state index is 13.4. The predicted molar refractivity (Wildman–Crippen MR) is 145 cm³/mol. The minimum Gasteiger partial charge on any atom is -0.352 e. The number of aryl methyl sites for hydroxylation is 1. The Kier molecular flexibility index (Phi) is 9.26. The van der Waals surface area contributed by atoms with Crippen molar-refractivity contribution in [2.45, 2.75) is 53.1 Å². The van der Waals surface area contributed by atoms with Crippen LogP contribution in [0, 0.1) is 5.92 Å². The zero-order chi connectivity index (χ0) is 26.3. The van der Waals surface area contributed by atoms with Crippen LogP contribution in [-0.4, -0.2) is 64.4 Å². The van der Waals surface area contributed by atoms with E-state index in [9.17, 15) is 14.4 Å². The van der Waals surface area contributed by atoms with Gasteiger partial charge in [-0.05, 0) is 38.7 Å². The lowest BCUT2D eigenvalue weighted by atomic mass is 10.1. The summed E-state index contributed by atoms with van der Waals surface area (Å²) in [5.41, 5.74) is 0.255. The average Bonchev–Trinajstić information content (AvgIpc) is 2.83. The van der Waals surface area contributed by atoms with E-state index >= 15 is 0 Å². The third kappa shape index (κ3) is 7.92. The number of hydrogen-bond donors (Lipinski definition) is 1. The van der Waals surface area contributed by atoms with Crippen LogP contribution >= 0.6 is 0 Å². The van der Waals surface area contributed by atoms with Crippen molar-refractivity contribution in [3.8, 4) is 0 Å². The van der Waals surface area contributed by atoms with Crippen LogP contribution in [0.1, 0.15) is 67.3 Å². The van der Waals surface area contributed by atoms with Gasteiger partial charge in [0.05, 0.1) is 0 Å². The molecule has 2 aromatic rings. The molecule has 1 aliphatic heterocycles. The monoisotopic (exact) mass is 492 g/mol. The molecule has 0 saturated carbocycles. The first kappa shape index (κ1) is 27.4. The summed E-state index contributed by atoms with van der Waals surface area (Å²) in [6, 6.07) is 10.2. The normalized spacial score (nSPS) is 15.0. The second kappa shape index (κ2) is 12.2. The number of nitrogens with one attached hydrogen (secondary N) is 1. The first-order chi connectivity index (χ1) is 17.0. The number of carbonyl (C=O) groups is 2. The lowest BCUT2D eigenvalue weighted by Gasteiger charge is -2.34. The molecule has 7 heteroatoms. The third-order valence-electron chi connectivity index (χ3n) is 6.14. The molecule has 0 aliphatic carbocycles. The van der Waals surface area contributed by atoms with Gasteiger partial charge in [0, 0.05) is 57.2 Å². The van der Waals surface area contributed by atoms with Crippen molar-refractivity contribution in [3.63, 3.8) is 0 Å². The lowest BCUT2D eigenvalue weighted by molar-refractivity contribution is 0.0648. The zero-order valence-electron chi connectivity index (χ0n) is 22.3. The van der Waals surface area contributed by atoms with Crippen molar-refractivity contribution in [1.82, 2.24) is 19.7 Å². The topological polar surface area (TPSA) is 74.6 Å². The average molecular weight is 493 g/mol. The van der Waals surface area contributed by atoms with E-state index in [0.29, 0.717) is 25.6 Å². The molecule has 1 aromatic carbocycles. The molecule has 0 spiro atoms. The first-order valence-corrected chi connectivity index (χ1v) is 12.8. The van der Waals surface area contributed by atoms with E-state index in [0.717, 1.165) is 31.6 Å². The van der Waals surface area contributed by atoms with Gasteiger partial charge in [-0.25, -0.2) is 0 Å². The Morgan fingerprint density at radius 2 is 1.64 bits per heavy atom. The molecule has 1 fully saturated rings. The van der Waals surface area contributed by atoms with Crippen LogP contribution in [0.4, 0.5) is 0 Å². The highest BCUT2D eigenvalue weighted by molar-refractivity contribution is 5.99. The summed E-state index contributed by atoms with van der Waals surface area (Å²) in [5, 5.41) is 2.86. The largest absolute Gasteiger partial charge is 0.352 e. The van der Waals surface area contributed by atoms with E-state index in [1.54, 1.807) is 17.3 Å². The van der Waals surface area contributed by atoms with E-state index in [2.05, 4.69) is 48.3 Å². The molecule has 1 aromatic heterocycles. The highest BCUT2D eigenvalue weighted by Crippen LogP contribution is 2.11. The van der Waals surface area contributed by atoms with Gasteiger partial charge in [0.15, 0.2) is 0 Å². The summed E-state index contributed by atoms with van der Waals surface area (Å²) in [6.45, 7) is 13.8. The van der Waals surface area contributed by atoms with Crippen molar-refractivity contribution >= 4 is 17.9 Å². The van der Waals surface area contributed by atoms with Crippen molar-refractivity contribution < 1.29 is 9.59 Å². The standard InChI is InChI=1S/C29H40N4O3/c1-22(2)13-15-32-20-24(27(35)30-29(3,4)5)26(34)25(21-32)28(36)33-18-16-31(17-19-33)14-9-12-23-10-7-6-8-11-23/h6-12,20-22H,13-19H2,1-5H3,(H,30,35)/b12-9+. The Balaban J connectivity index is 1.72. The number of aromatic nitrogens is 1. The number of piperazine rings is 1. The van der Waals surface area contributed by atoms with E-state index in [1.807, 2.05) is 43.5 Å². The maximum Gasteiger partial charge on any atom is 0.259 e. The minimum atomic E-state index is -0.504. The molecule has 36 heavy (non-hydrogen) atoms. The number of hydrogen-bond acceptors (Lipinski definition) is 4.